The fourth-order valence-electron chi connectivity index (χ4n) is 1.42. The average Bonchev–Trinajstić information content (AvgIpc) is 2.29. The van der Waals surface area contributed by atoms with Crippen LogP contribution in [0.5, 0.6) is 0 Å². The third-order valence-electron chi connectivity index (χ3n) is 2.45. The van der Waals surface area contributed by atoms with Crippen LogP contribution < -0.4 is 5.73 Å². The van der Waals surface area contributed by atoms with Crippen molar-refractivity contribution in [1.82, 2.24) is 4.31 Å². The zero-order valence-electron chi connectivity index (χ0n) is 9.84. The summed E-state index contributed by atoms with van der Waals surface area (Å²) in [5, 5.41) is 8.78. The lowest BCUT2D eigenvalue weighted by atomic mass is 10.2. The molecule has 0 fully saturated rings. The van der Waals surface area contributed by atoms with E-state index in [9.17, 15) is 8.42 Å². The smallest absolute Gasteiger partial charge is 0.243 e. The Kier molecular flexibility index (Phi) is 4.23. The van der Waals surface area contributed by atoms with Gasteiger partial charge >= 0.3 is 0 Å². The number of hydrogen-bond acceptors (Lipinski definition) is 4. The molecule has 17 heavy (non-hydrogen) atoms. The molecule has 92 valence electrons. The fourth-order valence-corrected chi connectivity index (χ4v) is 2.85. The first kappa shape index (κ1) is 13.6. The minimum absolute atomic E-state index is 0.160. The highest BCUT2D eigenvalue weighted by atomic mass is 32.2. The standard InChI is InChI=1S/C11H15N3O2S/c1-9-3-4-10(8-13)7-11(9)17(15,16)14(2)6-5-12/h3-4,7H,5-6,12H2,1-2H3. The number of benzene rings is 1. The van der Waals surface area contributed by atoms with E-state index in [1.54, 1.807) is 19.1 Å². The van der Waals surface area contributed by atoms with E-state index in [2.05, 4.69) is 0 Å². The fraction of sp³-hybridized carbons (Fsp3) is 0.364. The molecular formula is C11H15N3O2S. The Balaban J connectivity index is 3.28. The van der Waals surface area contributed by atoms with E-state index in [4.69, 9.17) is 11.0 Å². The molecule has 0 bridgehead atoms. The van der Waals surface area contributed by atoms with E-state index < -0.39 is 10.0 Å². The van der Waals surface area contributed by atoms with Gasteiger partial charge in [-0.25, -0.2) is 8.42 Å². The molecule has 0 aliphatic carbocycles. The summed E-state index contributed by atoms with van der Waals surface area (Å²) in [5.41, 5.74) is 6.29. The molecule has 0 atom stereocenters. The van der Waals surface area contributed by atoms with Gasteiger partial charge in [0.25, 0.3) is 0 Å². The van der Waals surface area contributed by atoms with Gasteiger partial charge in [-0.05, 0) is 24.6 Å². The summed E-state index contributed by atoms with van der Waals surface area (Å²) < 4.78 is 25.5. The number of rotatable bonds is 4. The van der Waals surface area contributed by atoms with Crippen LogP contribution in [0.4, 0.5) is 0 Å². The highest BCUT2D eigenvalue weighted by Crippen LogP contribution is 2.19. The largest absolute Gasteiger partial charge is 0.329 e. The van der Waals surface area contributed by atoms with Crippen molar-refractivity contribution in [3.8, 4) is 6.07 Å². The number of nitrogens with zero attached hydrogens (tertiary/aromatic N) is 2. The molecule has 1 rings (SSSR count). The minimum Gasteiger partial charge on any atom is -0.329 e. The van der Waals surface area contributed by atoms with E-state index in [-0.39, 0.29) is 18.0 Å². The molecule has 0 radical (unpaired) electrons. The zero-order chi connectivity index (χ0) is 13.1. The second-order valence-corrected chi connectivity index (χ2v) is 5.72. The number of likely N-dealkylation sites (N-methyl/N-ethyl adjacent to an activating group) is 1. The van der Waals surface area contributed by atoms with Crippen LogP contribution in [0, 0.1) is 18.3 Å². The van der Waals surface area contributed by atoms with Crippen LogP contribution in [0.25, 0.3) is 0 Å². The summed E-state index contributed by atoms with van der Waals surface area (Å²) >= 11 is 0. The molecule has 0 saturated heterocycles. The van der Waals surface area contributed by atoms with Crippen molar-refractivity contribution >= 4 is 10.0 Å². The molecule has 5 nitrogen and oxygen atoms in total. The first-order valence-electron chi connectivity index (χ1n) is 5.10. The summed E-state index contributed by atoms with van der Waals surface area (Å²) in [5.74, 6) is 0. The Morgan fingerprint density at radius 2 is 2.12 bits per heavy atom. The lowest BCUT2D eigenvalue weighted by molar-refractivity contribution is 0.476. The normalized spacial score (nSPS) is 11.5. The van der Waals surface area contributed by atoms with E-state index >= 15 is 0 Å². The van der Waals surface area contributed by atoms with Crippen molar-refractivity contribution < 1.29 is 8.42 Å². The van der Waals surface area contributed by atoms with Gasteiger partial charge in [-0.15, -0.1) is 0 Å². The van der Waals surface area contributed by atoms with Gasteiger partial charge in [0.2, 0.25) is 10.0 Å². The van der Waals surface area contributed by atoms with Gasteiger partial charge in [-0.1, -0.05) is 6.07 Å². The molecule has 0 unspecified atom stereocenters. The van der Waals surface area contributed by atoms with Crippen molar-refractivity contribution in [3.05, 3.63) is 29.3 Å². The quantitative estimate of drug-likeness (QED) is 0.843. The monoisotopic (exact) mass is 253 g/mol. The first-order chi connectivity index (χ1) is 7.93. The van der Waals surface area contributed by atoms with Crippen LogP contribution in [0.15, 0.2) is 23.1 Å². The summed E-state index contributed by atoms with van der Waals surface area (Å²) in [6.07, 6.45) is 0. The van der Waals surface area contributed by atoms with Crippen molar-refractivity contribution in [2.45, 2.75) is 11.8 Å². The number of nitriles is 1. The van der Waals surface area contributed by atoms with Gasteiger partial charge in [0.1, 0.15) is 0 Å². The Hall–Kier alpha value is -1.42. The van der Waals surface area contributed by atoms with Crippen molar-refractivity contribution in [2.75, 3.05) is 20.1 Å². The highest BCUT2D eigenvalue weighted by Gasteiger charge is 2.22. The van der Waals surface area contributed by atoms with E-state index in [1.807, 2.05) is 6.07 Å². The topological polar surface area (TPSA) is 87.2 Å². The SMILES string of the molecule is Cc1ccc(C#N)cc1S(=O)(=O)N(C)CCN. The Morgan fingerprint density at radius 3 is 2.65 bits per heavy atom. The van der Waals surface area contributed by atoms with Crippen molar-refractivity contribution in [1.29, 1.82) is 5.26 Å². The van der Waals surface area contributed by atoms with Gasteiger partial charge in [-0.3, -0.25) is 0 Å². The second-order valence-electron chi connectivity index (χ2n) is 3.71. The third kappa shape index (κ3) is 2.82. The molecule has 0 saturated carbocycles. The second kappa shape index (κ2) is 5.27. The summed E-state index contributed by atoms with van der Waals surface area (Å²) in [6.45, 7) is 2.20. The maximum atomic E-state index is 12.2. The van der Waals surface area contributed by atoms with E-state index in [0.29, 0.717) is 11.1 Å². The van der Waals surface area contributed by atoms with Crippen LogP contribution >= 0.6 is 0 Å². The Labute approximate surface area is 102 Å². The van der Waals surface area contributed by atoms with E-state index in [0.717, 1.165) is 0 Å². The molecule has 1 aromatic carbocycles. The van der Waals surface area contributed by atoms with Crippen molar-refractivity contribution in [3.63, 3.8) is 0 Å². The van der Waals surface area contributed by atoms with Crippen LogP contribution in [0.2, 0.25) is 0 Å². The van der Waals surface area contributed by atoms with E-state index in [1.165, 1.54) is 17.4 Å². The molecule has 0 heterocycles. The first-order valence-corrected chi connectivity index (χ1v) is 6.54. The zero-order valence-corrected chi connectivity index (χ0v) is 10.7. The lowest BCUT2D eigenvalue weighted by Gasteiger charge is -2.17. The van der Waals surface area contributed by atoms with Crippen LogP contribution in [0.3, 0.4) is 0 Å². The van der Waals surface area contributed by atoms with Crippen molar-refractivity contribution in [2.24, 2.45) is 5.73 Å². The molecule has 0 aliphatic rings. The number of aryl methyl sites for hydroxylation is 1. The molecular weight excluding hydrogens is 238 g/mol. The molecule has 6 heteroatoms. The van der Waals surface area contributed by atoms with Gasteiger partial charge in [0.05, 0.1) is 16.5 Å². The van der Waals surface area contributed by atoms with Gasteiger partial charge in [0.15, 0.2) is 0 Å². The maximum Gasteiger partial charge on any atom is 0.243 e. The highest BCUT2D eigenvalue weighted by molar-refractivity contribution is 7.89. The van der Waals surface area contributed by atoms with Crippen LogP contribution in [-0.4, -0.2) is 32.9 Å². The summed E-state index contributed by atoms with van der Waals surface area (Å²) in [4.78, 5) is 0.160. The lowest BCUT2D eigenvalue weighted by Crippen LogP contribution is -2.32. The maximum absolute atomic E-state index is 12.2. The average molecular weight is 253 g/mol. The predicted molar refractivity (Wildman–Crippen MR) is 64.8 cm³/mol. The summed E-state index contributed by atoms with van der Waals surface area (Å²) in [7, 11) is -2.09. The number of nitrogens with two attached hydrogens (primary N) is 1. The van der Waals surface area contributed by atoms with Gasteiger partial charge < -0.3 is 5.73 Å². The van der Waals surface area contributed by atoms with Crippen LogP contribution in [-0.2, 0) is 10.0 Å². The number of sulfonamides is 1. The molecule has 1 aromatic rings. The molecule has 2 N–H and O–H groups in total. The predicted octanol–water partition coefficient (Wildman–Crippen LogP) is 0.446. The minimum atomic E-state index is -3.56. The van der Waals surface area contributed by atoms with Gasteiger partial charge in [0, 0.05) is 20.1 Å². The summed E-state index contributed by atoms with van der Waals surface area (Å²) in [6, 6.07) is 6.54. The third-order valence-corrected chi connectivity index (χ3v) is 4.45. The molecule has 0 spiro atoms. The van der Waals surface area contributed by atoms with Gasteiger partial charge in [-0.2, -0.15) is 9.57 Å². The Morgan fingerprint density at radius 1 is 1.47 bits per heavy atom. The van der Waals surface area contributed by atoms with Crippen LogP contribution in [0.1, 0.15) is 11.1 Å². The Bertz CT molecular complexity index is 546. The number of hydrogen-bond donors (Lipinski definition) is 1. The molecule has 0 aliphatic heterocycles. The molecule has 0 amide bonds. The molecule has 0 aromatic heterocycles.